The highest BCUT2D eigenvalue weighted by atomic mass is 19.1. The van der Waals surface area contributed by atoms with E-state index in [9.17, 15) is 14.0 Å². The molecule has 0 bridgehead atoms. The molecule has 1 aromatic rings. The second kappa shape index (κ2) is 9.58. The zero-order valence-electron chi connectivity index (χ0n) is 16.3. The number of hydrogen-bond acceptors (Lipinski definition) is 4. The number of piperidine rings is 1. The third-order valence-electron chi connectivity index (χ3n) is 4.23. The van der Waals surface area contributed by atoms with E-state index in [-0.39, 0.29) is 23.7 Å². The lowest BCUT2D eigenvalue weighted by Crippen LogP contribution is -2.45. The summed E-state index contributed by atoms with van der Waals surface area (Å²) in [6.45, 7) is 7.34. The van der Waals surface area contributed by atoms with Crippen molar-refractivity contribution >= 4 is 12.0 Å². The summed E-state index contributed by atoms with van der Waals surface area (Å²) in [7, 11) is 0. The van der Waals surface area contributed by atoms with E-state index in [0.717, 1.165) is 0 Å². The Kier molecular flexibility index (Phi) is 7.45. The van der Waals surface area contributed by atoms with Gasteiger partial charge in [0, 0.05) is 25.6 Å². The summed E-state index contributed by atoms with van der Waals surface area (Å²) in [4.78, 5) is 25.9. The minimum atomic E-state index is -0.518. The molecule has 1 N–H and O–H groups in total. The van der Waals surface area contributed by atoms with Crippen LogP contribution in [0.3, 0.4) is 0 Å². The zero-order valence-corrected chi connectivity index (χ0v) is 16.3. The number of rotatable bonds is 6. The molecule has 0 spiro atoms. The van der Waals surface area contributed by atoms with Gasteiger partial charge in [0.2, 0.25) is 5.91 Å². The molecule has 0 aliphatic carbocycles. The molecule has 0 aromatic heterocycles. The van der Waals surface area contributed by atoms with Crippen LogP contribution >= 0.6 is 0 Å². The van der Waals surface area contributed by atoms with Gasteiger partial charge in [-0.25, -0.2) is 9.18 Å². The van der Waals surface area contributed by atoms with Crippen molar-refractivity contribution in [2.24, 2.45) is 5.92 Å². The second-order valence-corrected chi connectivity index (χ2v) is 7.67. The molecule has 1 aliphatic heterocycles. The third kappa shape index (κ3) is 7.07. The fraction of sp³-hybridized carbons (Fsp3) is 0.600. The molecule has 0 unspecified atom stereocenters. The minimum Gasteiger partial charge on any atom is -0.490 e. The van der Waals surface area contributed by atoms with Gasteiger partial charge in [-0.2, -0.15) is 0 Å². The Bertz CT molecular complexity index is 637. The van der Waals surface area contributed by atoms with Gasteiger partial charge in [-0.15, -0.1) is 0 Å². The van der Waals surface area contributed by atoms with Crippen molar-refractivity contribution in [1.29, 1.82) is 0 Å². The van der Waals surface area contributed by atoms with Crippen LogP contribution in [0.1, 0.15) is 40.0 Å². The first kappa shape index (κ1) is 21.0. The van der Waals surface area contributed by atoms with Gasteiger partial charge < -0.3 is 19.7 Å². The molecule has 2 amide bonds. The summed E-state index contributed by atoms with van der Waals surface area (Å²) in [5.74, 6) is -0.280. The highest BCUT2D eigenvalue weighted by Gasteiger charge is 2.29. The van der Waals surface area contributed by atoms with E-state index in [1.54, 1.807) is 23.1 Å². The summed E-state index contributed by atoms with van der Waals surface area (Å²) in [6, 6.07) is 6.24. The van der Waals surface area contributed by atoms with E-state index in [2.05, 4.69) is 5.32 Å². The van der Waals surface area contributed by atoms with Crippen molar-refractivity contribution in [3.8, 4) is 5.75 Å². The molecule has 1 fully saturated rings. The highest BCUT2D eigenvalue weighted by molar-refractivity contribution is 5.79. The molecule has 0 atom stereocenters. The van der Waals surface area contributed by atoms with Crippen LogP contribution < -0.4 is 10.1 Å². The average molecular weight is 380 g/mol. The van der Waals surface area contributed by atoms with Crippen molar-refractivity contribution in [1.82, 2.24) is 10.2 Å². The first-order valence-electron chi connectivity index (χ1n) is 9.39. The van der Waals surface area contributed by atoms with E-state index in [4.69, 9.17) is 9.47 Å². The number of hydrogen-bond donors (Lipinski definition) is 1. The largest absolute Gasteiger partial charge is 0.490 e. The van der Waals surface area contributed by atoms with Gasteiger partial charge in [-0.3, -0.25) is 4.79 Å². The molecule has 1 saturated heterocycles. The predicted molar refractivity (Wildman–Crippen MR) is 100 cm³/mol. The van der Waals surface area contributed by atoms with Gasteiger partial charge in [0.05, 0.1) is 6.61 Å². The fourth-order valence-electron chi connectivity index (χ4n) is 2.82. The summed E-state index contributed by atoms with van der Waals surface area (Å²) < 4.78 is 24.1. The fourth-order valence-corrected chi connectivity index (χ4v) is 2.82. The maximum Gasteiger partial charge on any atom is 0.410 e. The number of halogens is 1. The van der Waals surface area contributed by atoms with E-state index >= 15 is 0 Å². The summed E-state index contributed by atoms with van der Waals surface area (Å²) in [5.41, 5.74) is -0.518. The predicted octanol–water partition coefficient (Wildman–Crippen LogP) is 3.36. The standard InChI is InChI=1S/C20H29FN2O4/c1-20(2,3)27-19(25)23-12-9-15(10-13-23)18(24)22-11-6-14-26-17-8-5-4-7-16(17)21/h4-5,7-8,15H,6,9-14H2,1-3H3,(H,22,24). The van der Waals surface area contributed by atoms with E-state index in [1.807, 2.05) is 20.8 Å². The molecule has 1 heterocycles. The maximum absolute atomic E-state index is 13.4. The van der Waals surface area contributed by atoms with Crippen LogP contribution in [0.15, 0.2) is 24.3 Å². The monoisotopic (exact) mass is 380 g/mol. The van der Waals surface area contributed by atoms with Crippen molar-refractivity contribution in [3.63, 3.8) is 0 Å². The molecule has 27 heavy (non-hydrogen) atoms. The van der Waals surface area contributed by atoms with Gasteiger partial charge in [0.15, 0.2) is 11.6 Å². The van der Waals surface area contributed by atoms with Crippen LogP contribution in [0, 0.1) is 11.7 Å². The number of likely N-dealkylation sites (tertiary alicyclic amines) is 1. The van der Waals surface area contributed by atoms with Crippen LogP contribution in [0.5, 0.6) is 5.75 Å². The van der Waals surface area contributed by atoms with Crippen molar-refractivity contribution in [3.05, 3.63) is 30.1 Å². The second-order valence-electron chi connectivity index (χ2n) is 7.67. The van der Waals surface area contributed by atoms with Crippen molar-refractivity contribution < 1.29 is 23.5 Å². The van der Waals surface area contributed by atoms with Crippen LogP contribution in [0.4, 0.5) is 9.18 Å². The lowest BCUT2D eigenvalue weighted by atomic mass is 9.96. The topological polar surface area (TPSA) is 67.9 Å². The average Bonchev–Trinajstić information content (AvgIpc) is 2.61. The Morgan fingerprint density at radius 1 is 1.22 bits per heavy atom. The number of nitrogens with zero attached hydrogens (tertiary/aromatic N) is 1. The Labute approximate surface area is 160 Å². The number of nitrogens with one attached hydrogen (secondary N) is 1. The highest BCUT2D eigenvalue weighted by Crippen LogP contribution is 2.20. The summed E-state index contributed by atoms with van der Waals surface area (Å²) in [6.07, 6.45) is 1.51. The zero-order chi connectivity index (χ0) is 19.9. The minimum absolute atomic E-state index is 0.00951. The molecule has 0 saturated carbocycles. The number of carbonyl (C=O) groups is 2. The Hall–Kier alpha value is -2.31. The molecule has 6 nitrogen and oxygen atoms in total. The quantitative estimate of drug-likeness (QED) is 0.769. The smallest absolute Gasteiger partial charge is 0.410 e. The van der Waals surface area contributed by atoms with Gasteiger partial charge in [-0.1, -0.05) is 12.1 Å². The number of amides is 2. The summed E-state index contributed by atoms with van der Waals surface area (Å²) >= 11 is 0. The number of para-hydroxylation sites is 1. The molecule has 150 valence electrons. The SMILES string of the molecule is CC(C)(C)OC(=O)N1CCC(C(=O)NCCCOc2ccccc2F)CC1. The van der Waals surface area contributed by atoms with Crippen molar-refractivity contribution in [2.45, 2.75) is 45.6 Å². The molecule has 2 rings (SSSR count). The normalized spacial score (nSPS) is 15.3. The number of ether oxygens (including phenoxy) is 2. The van der Waals surface area contributed by atoms with Gasteiger partial charge >= 0.3 is 6.09 Å². The van der Waals surface area contributed by atoms with Crippen LogP contribution in [-0.4, -0.2) is 48.7 Å². The molecule has 1 aromatic carbocycles. The van der Waals surface area contributed by atoms with Crippen molar-refractivity contribution in [2.75, 3.05) is 26.2 Å². The van der Waals surface area contributed by atoms with Crippen LogP contribution in [0.25, 0.3) is 0 Å². The molecule has 1 aliphatic rings. The van der Waals surface area contributed by atoms with E-state index in [1.165, 1.54) is 6.07 Å². The Morgan fingerprint density at radius 3 is 2.52 bits per heavy atom. The van der Waals surface area contributed by atoms with Gasteiger partial charge in [0.1, 0.15) is 5.60 Å². The molecular weight excluding hydrogens is 351 g/mol. The molecule has 7 heteroatoms. The maximum atomic E-state index is 13.4. The van der Waals surface area contributed by atoms with Gasteiger partial charge in [-0.05, 0) is 52.2 Å². The van der Waals surface area contributed by atoms with E-state index in [0.29, 0.717) is 45.5 Å². The third-order valence-corrected chi connectivity index (χ3v) is 4.23. The van der Waals surface area contributed by atoms with Crippen LogP contribution in [-0.2, 0) is 9.53 Å². The first-order valence-corrected chi connectivity index (χ1v) is 9.39. The van der Waals surface area contributed by atoms with E-state index < -0.39 is 11.4 Å². The molecular formula is C20H29FN2O4. The molecule has 0 radical (unpaired) electrons. The number of benzene rings is 1. The first-order chi connectivity index (χ1) is 12.8. The lowest BCUT2D eigenvalue weighted by molar-refractivity contribution is -0.126. The van der Waals surface area contributed by atoms with Crippen LogP contribution in [0.2, 0.25) is 0 Å². The van der Waals surface area contributed by atoms with Gasteiger partial charge in [0.25, 0.3) is 0 Å². The summed E-state index contributed by atoms with van der Waals surface area (Å²) in [5, 5.41) is 2.89. The Morgan fingerprint density at radius 2 is 1.89 bits per heavy atom. The lowest BCUT2D eigenvalue weighted by Gasteiger charge is -2.32. The Balaban J connectivity index is 1.62. The number of carbonyl (C=O) groups excluding carboxylic acids is 2.